The molecule has 2 aromatic heterocycles. The minimum Gasteiger partial charge on any atom is -0.338 e. The summed E-state index contributed by atoms with van der Waals surface area (Å²) in [4.78, 5) is 49.4. The molecule has 0 spiro atoms. The van der Waals surface area contributed by atoms with Gasteiger partial charge in [0.15, 0.2) is 5.78 Å². The van der Waals surface area contributed by atoms with E-state index < -0.39 is 35.8 Å². The van der Waals surface area contributed by atoms with Gasteiger partial charge in [0.25, 0.3) is 0 Å². The van der Waals surface area contributed by atoms with Crippen LogP contribution in [0.3, 0.4) is 0 Å². The van der Waals surface area contributed by atoms with Crippen LogP contribution in [0.4, 0.5) is 14.9 Å². The van der Waals surface area contributed by atoms with Gasteiger partial charge in [-0.15, -0.1) is 22.7 Å². The first kappa shape index (κ1) is 30.2. The number of benzene rings is 2. The summed E-state index contributed by atoms with van der Waals surface area (Å²) in [5.74, 6) is -1.97. The number of aryl methyl sites for hydroxylation is 3. The van der Waals surface area contributed by atoms with Gasteiger partial charge in [0, 0.05) is 53.1 Å². The highest BCUT2D eigenvalue weighted by Crippen LogP contribution is 2.55. The van der Waals surface area contributed by atoms with Gasteiger partial charge < -0.3 is 20.4 Å². The maximum Gasteiger partial charge on any atom is 0.323 e. The number of thiophene rings is 2. The minimum atomic E-state index is -0.935. The molecule has 6 rings (SSSR count). The number of halogens is 1. The van der Waals surface area contributed by atoms with Gasteiger partial charge in [-0.25, -0.2) is 9.18 Å². The molecule has 0 aliphatic carbocycles. The van der Waals surface area contributed by atoms with E-state index in [0.717, 1.165) is 26.4 Å². The van der Waals surface area contributed by atoms with Gasteiger partial charge in [-0.1, -0.05) is 24.3 Å². The van der Waals surface area contributed by atoms with Crippen molar-refractivity contribution in [2.45, 2.75) is 38.8 Å². The second-order valence-electron chi connectivity index (χ2n) is 11.5. The second-order valence-corrected chi connectivity index (χ2v) is 13.4. The monoisotopic (exact) mass is 630 g/mol. The molecule has 4 unspecified atom stereocenters. The van der Waals surface area contributed by atoms with Crippen molar-refractivity contribution in [2.24, 2.45) is 5.92 Å². The van der Waals surface area contributed by atoms with Crippen LogP contribution >= 0.6 is 22.7 Å². The maximum atomic E-state index is 14.9. The second kappa shape index (κ2) is 12.6. The normalized spacial score (nSPS) is 21.8. The smallest absolute Gasteiger partial charge is 0.323 e. The molecule has 2 saturated heterocycles. The highest BCUT2D eigenvalue weighted by Gasteiger charge is 2.59. The van der Waals surface area contributed by atoms with Gasteiger partial charge >= 0.3 is 6.03 Å². The molecule has 4 atom stereocenters. The Hall–Kier alpha value is -3.86. The fourth-order valence-corrected chi connectivity index (χ4v) is 8.75. The molecular formula is C34H35FN4O3S2. The molecular weight excluding hydrogens is 596 g/mol. The number of likely N-dealkylation sites (tertiary alicyclic amines) is 1. The number of carbonyl (C=O) groups excluding carboxylic acids is 3. The van der Waals surface area contributed by atoms with Crippen LogP contribution in [0.2, 0.25) is 0 Å². The standard InChI is InChI=1S/C34H35FN4O3S2/c1-20-6-4-5-7-25(20)30(40)26-27(31-21(2)12-18-43-31)29(33(41)38-16-14-36-15-17-38)39(28(26)32-22(3)13-19-44-32)34(42)37-24-10-8-23(35)9-11-24/h4-13,18-19,26-29,36H,14-17H2,1-3H3,(H,37,42). The van der Waals surface area contributed by atoms with Crippen LogP contribution in [0.5, 0.6) is 0 Å². The fraction of sp³-hybridized carbons (Fsp3) is 0.324. The predicted molar refractivity (Wildman–Crippen MR) is 173 cm³/mol. The van der Waals surface area contributed by atoms with E-state index in [9.17, 15) is 18.8 Å². The van der Waals surface area contributed by atoms with Crippen LogP contribution in [0.25, 0.3) is 0 Å². The molecule has 0 saturated carbocycles. The number of rotatable bonds is 6. The molecule has 7 nitrogen and oxygen atoms in total. The summed E-state index contributed by atoms with van der Waals surface area (Å²) in [5, 5.41) is 10.2. The Labute approximate surface area is 264 Å². The number of hydrogen-bond donors (Lipinski definition) is 2. The number of piperazine rings is 1. The van der Waals surface area contributed by atoms with Crippen LogP contribution in [0.1, 0.15) is 48.8 Å². The van der Waals surface area contributed by atoms with E-state index in [-0.39, 0.29) is 11.7 Å². The summed E-state index contributed by atoms with van der Waals surface area (Å²) in [6.07, 6.45) is 0. The molecule has 0 radical (unpaired) electrons. The first-order chi connectivity index (χ1) is 21.3. The highest BCUT2D eigenvalue weighted by molar-refractivity contribution is 7.10. The van der Waals surface area contributed by atoms with Crippen LogP contribution in [-0.2, 0) is 4.79 Å². The highest BCUT2D eigenvalue weighted by atomic mass is 32.1. The summed E-state index contributed by atoms with van der Waals surface area (Å²) in [6.45, 7) is 8.23. The third kappa shape index (κ3) is 5.58. The van der Waals surface area contributed by atoms with Crippen molar-refractivity contribution in [3.05, 3.63) is 109 Å². The van der Waals surface area contributed by atoms with E-state index in [4.69, 9.17) is 0 Å². The van der Waals surface area contributed by atoms with Gasteiger partial charge in [0.1, 0.15) is 11.9 Å². The number of ketones is 1. The zero-order valence-corrected chi connectivity index (χ0v) is 26.5. The lowest BCUT2D eigenvalue weighted by molar-refractivity contribution is -0.136. The molecule has 2 aliphatic heterocycles. The van der Waals surface area contributed by atoms with Gasteiger partial charge in [-0.2, -0.15) is 0 Å². The van der Waals surface area contributed by atoms with E-state index in [1.807, 2.05) is 72.8 Å². The molecule has 0 bridgehead atoms. The number of nitrogens with one attached hydrogen (secondary N) is 2. The van der Waals surface area contributed by atoms with Gasteiger partial charge in [-0.3, -0.25) is 9.59 Å². The number of urea groups is 1. The summed E-state index contributed by atoms with van der Waals surface area (Å²) < 4.78 is 13.8. The number of nitrogens with zero attached hydrogens (tertiary/aromatic N) is 2. The Kier molecular flexibility index (Phi) is 8.66. The van der Waals surface area contributed by atoms with Crippen molar-refractivity contribution in [2.75, 3.05) is 31.5 Å². The Morgan fingerprint density at radius 1 is 0.841 bits per heavy atom. The van der Waals surface area contributed by atoms with E-state index in [0.29, 0.717) is 37.4 Å². The van der Waals surface area contributed by atoms with E-state index in [1.54, 1.807) is 4.90 Å². The summed E-state index contributed by atoms with van der Waals surface area (Å²) in [7, 11) is 0. The maximum absolute atomic E-state index is 14.9. The Balaban J connectivity index is 1.57. The first-order valence-corrected chi connectivity index (χ1v) is 16.5. The van der Waals surface area contributed by atoms with Crippen molar-refractivity contribution >= 4 is 46.1 Å². The molecule has 4 heterocycles. The quantitative estimate of drug-likeness (QED) is 0.237. The summed E-state index contributed by atoms with van der Waals surface area (Å²) in [5.41, 5.74) is 3.79. The summed E-state index contributed by atoms with van der Waals surface area (Å²) >= 11 is 3.02. The van der Waals surface area contributed by atoms with E-state index in [2.05, 4.69) is 10.6 Å². The van der Waals surface area contributed by atoms with Crippen molar-refractivity contribution < 1.29 is 18.8 Å². The lowest BCUT2D eigenvalue weighted by Crippen LogP contribution is -2.55. The van der Waals surface area contributed by atoms with Gasteiger partial charge in [-0.05, 0) is 84.6 Å². The van der Waals surface area contributed by atoms with Crippen LogP contribution in [-0.4, -0.2) is 59.7 Å². The number of hydrogen-bond acceptors (Lipinski definition) is 6. The van der Waals surface area contributed by atoms with Crippen LogP contribution < -0.4 is 10.6 Å². The third-order valence-electron chi connectivity index (χ3n) is 8.77. The molecule has 2 aromatic carbocycles. The van der Waals surface area contributed by atoms with Crippen molar-refractivity contribution in [3.63, 3.8) is 0 Å². The molecule has 44 heavy (non-hydrogen) atoms. The average molecular weight is 631 g/mol. The van der Waals surface area contributed by atoms with Gasteiger partial charge in [0.2, 0.25) is 5.91 Å². The Bertz CT molecular complexity index is 1680. The molecule has 2 N–H and O–H groups in total. The molecule has 228 valence electrons. The summed E-state index contributed by atoms with van der Waals surface area (Å²) in [6, 6.07) is 14.9. The number of amides is 3. The largest absolute Gasteiger partial charge is 0.338 e. The van der Waals surface area contributed by atoms with Gasteiger partial charge in [0.05, 0.1) is 12.0 Å². The number of Topliss-reactive ketones (excluding diaryl/α,β-unsaturated/α-hetero) is 1. The zero-order valence-electron chi connectivity index (χ0n) is 24.9. The molecule has 2 aliphatic rings. The van der Waals surface area contributed by atoms with Crippen molar-refractivity contribution in [1.82, 2.24) is 15.1 Å². The average Bonchev–Trinajstić information content (AvgIpc) is 3.74. The molecule has 3 amide bonds. The minimum absolute atomic E-state index is 0.0890. The molecule has 2 fully saturated rings. The first-order valence-electron chi connectivity index (χ1n) is 14.8. The molecule has 10 heteroatoms. The topological polar surface area (TPSA) is 81.8 Å². The van der Waals surface area contributed by atoms with Crippen molar-refractivity contribution in [1.29, 1.82) is 0 Å². The third-order valence-corrected chi connectivity index (χ3v) is 11.0. The zero-order chi connectivity index (χ0) is 31.0. The SMILES string of the molecule is Cc1ccccc1C(=O)C1C(c2sccc2C)C(C(=O)N2CCNCC2)N(C(=O)Nc2ccc(F)cc2)C1c1sccc1C. The fourth-order valence-electron chi connectivity index (χ4n) is 6.58. The van der Waals surface area contributed by atoms with Crippen molar-refractivity contribution in [3.8, 4) is 0 Å². The predicted octanol–water partition coefficient (Wildman–Crippen LogP) is 6.55. The Morgan fingerprint density at radius 3 is 2.09 bits per heavy atom. The lowest BCUT2D eigenvalue weighted by atomic mass is 9.78. The number of carbonyl (C=O) groups is 3. The van der Waals surface area contributed by atoms with Crippen LogP contribution in [0, 0.1) is 32.5 Å². The van der Waals surface area contributed by atoms with E-state index in [1.165, 1.54) is 46.9 Å². The number of anilines is 1. The lowest BCUT2D eigenvalue weighted by Gasteiger charge is -2.36. The van der Waals surface area contributed by atoms with Crippen LogP contribution in [0.15, 0.2) is 71.4 Å². The molecule has 4 aromatic rings. The Morgan fingerprint density at radius 2 is 1.48 bits per heavy atom. The van der Waals surface area contributed by atoms with E-state index >= 15 is 0 Å².